The van der Waals surface area contributed by atoms with E-state index in [1.165, 1.54) is 12.1 Å². The van der Waals surface area contributed by atoms with E-state index in [0.717, 1.165) is 35.8 Å². The molecule has 0 saturated carbocycles. The van der Waals surface area contributed by atoms with Gasteiger partial charge in [0, 0.05) is 5.56 Å². The van der Waals surface area contributed by atoms with Crippen LogP contribution in [0.1, 0.15) is 55.5 Å². The van der Waals surface area contributed by atoms with Crippen molar-refractivity contribution < 1.29 is 32.2 Å². The van der Waals surface area contributed by atoms with Gasteiger partial charge < -0.3 is 14.6 Å². The molecule has 2 N–H and O–H groups in total. The Hall–Kier alpha value is -3.14. The van der Waals surface area contributed by atoms with Crippen LogP contribution in [-0.4, -0.2) is 31.7 Å². The summed E-state index contributed by atoms with van der Waals surface area (Å²) in [6.45, 7) is 9.26. The third kappa shape index (κ3) is 6.05. The van der Waals surface area contributed by atoms with Gasteiger partial charge in [-0.25, -0.2) is 17.6 Å². The van der Waals surface area contributed by atoms with Crippen LogP contribution in [0, 0.1) is 19.7 Å². The Morgan fingerprint density at radius 1 is 1.18 bits per heavy atom. The van der Waals surface area contributed by atoms with Gasteiger partial charge >= 0.3 is 5.97 Å². The molecule has 1 heterocycles. The molecule has 10 heteroatoms. The summed E-state index contributed by atoms with van der Waals surface area (Å²) in [6.07, 6.45) is 0.270. The summed E-state index contributed by atoms with van der Waals surface area (Å²) in [5.74, 6) is -1.51. The van der Waals surface area contributed by atoms with E-state index in [9.17, 15) is 22.7 Å². The van der Waals surface area contributed by atoms with Crippen molar-refractivity contribution in [3.8, 4) is 16.9 Å². The summed E-state index contributed by atoms with van der Waals surface area (Å²) >= 11 is 5.82. The minimum absolute atomic E-state index is 0.107. The maximum absolute atomic E-state index is 14.6. The number of aliphatic carboxylic acids is 1. The number of benzene rings is 3. The zero-order valence-corrected chi connectivity index (χ0v) is 24.0. The van der Waals surface area contributed by atoms with Crippen molar-refractivity contribution in [3.63, 3.8) is 0 Å². The third-order valence-electron chi connectivity index (χ3n) is 6.44. The van der Waals surface area contributed by atoms with Crippen molar-refractivity contribution in [1.29, 1.82) is 0 Å². The maximum Gasteiger partial charge on any atom is 0.337 e. The van der Waals surface area contributed by atoms with Crippen molar-refractivity contribution in [2.45, 2.75) is 64.1 Å². The Kier molecular flexibility index (Phi) is 7.98. The number of nitrogens with one attached hydrogen (secondary N) is 1. The molecular weight excluding hydrogens is 545 g/mol. The fourth-order valence-corrected chi connectivity index (χ4v) is 6.20. The third-order valence-corrected chi connectivity index (χ3v) is 8.11. The number of fused-ring (bicyclic) bond motifs is 1. The Bertz CT molecular complexity index is 1550. The molecule has 208 valence electrons. The van der Waals surface area contributed by atoms with Crippen LogP contribution in [0.15, 0.2) is 47.4 Å². The van der Waals surface area contributed by atoms with Gasteiger partial charge in [-0.05, 0) is 106 Å². The van der Waals surface area contributed by atoms with E-state index in [0.29, 0.717) is 28.9 Å². The van der Waals surface area contributed by atoms with Crippen LogP contribution >= 0.6 is 11.6 Å². The molecule has 0 saturated heterocycles. The Morgan fingerprint density at radius 2 is 1.90 bits per heavy atom. The number of halogens is 2. The number of rotatable bonds is 7. The number of carboxylic acids is 1. The predicted molar refractivity (Wildman–Crippen MR) is 149 cm³/mol. The average Bonchev–Trinajstić information content (AvgIpc) is 2.85. The highest BCUT2D eigenvalue weighted by atomic mass is 35.5. The first-order valence-corrected chi connectivity index (χ1v) is 14.3. The SMILES string of the molecule is Cc1cc(NS(=O)(=O)c2cccc(Cl)c2F)c(C)c(C(OC(C)(C)C)C(=O)O)c1-c1ccc2c(c1)CCCO2. The van der Waals surface area contributed by atoms with E-state index in [2.05, 4.69) is 4.72 Å². The number of carbonyl (C=O) groups is 1. The van der Waals surface area contributed by atoms with Crippen LogP contribution in [-0.2, 0) is 26.0 Å². The Balaban J connectivity index is 1.94. The number of carboxylic acid groups (broad SMARTS) is 1. The monoisotopic (exact) mass is 575 g/mol. The summed E-state index contributed by atoms with van der Waals surface area (Å²) < 4.78 is 55.3. The molecule has 1 unspecified atom stereocenters. The van der Waals surface area contributed by atoms with Crippen molar-refractivity contribution in [1.82, 2.24) is 0 Å². The molecule has 0 bridgehead atoms. The van der Waals surface area contributed by atoms with Gasteiger partial charge in [-0.1, -0.05) is 23.7 Å². The Labute approximate surface area is 233 Å². The molecule has 0 aromatic heterocycles. The molecule has 4 rings (SSSR count). The summed E-state index contributed by atoms with van der Waals surface area (Å²) in [5.41, 5.74) is 2.92. The van der Waals surface area contributed by atoms with Gasteiger partial charge in [0.15, 0.2) is 11.9 Å². The van der Waals surface area contributed by atoms with Crippen LogP contribution in [0.2, 0.25) is 5.02 Å². The average molecular weight is 576 g/mol. The molecular formula is C29H31ClFNO6S. The van der Waals surface area contributed by atoms with E-state index in [1.807, 2.05) is 18.2 Å². The second-order valence-corrected chi connectivity index (χ2v) is 12.6. The Morgan fingerprint density at radius 3 is 2.56 bits per heavy atom. The number of aryl methyl sites for hydroxylation is 2. The lowest BCUT2D eigenvalue weighted by Crippen LogP contribution is -2.28. The molecule has 0 fully saturated rings. The van der Waals surface area contributed by atoms with Crippen molar-refractivity contribution in [2.75, 3.05) is 11.3 Å². The second kappa shape index (κ2) is 10.8. The van der Waals surface area contributed by atoms with Crippen LogP contribution in [0.4, 0.5) is 10.1 Å². The molecule has 1 aliphatic rings. The minimum atomic E-state index is -4.41. The fourth-order valence-electron chi connectivity index (χ4n) is 4.75. The summed E-state index contributed by atoms with van der Waals surface area (Å²) in [6, 6.07) is 11.0. The molecule has 0 radical (unpaired) electrons. The molecule has 39 heavy (non-hydrogen) atoms. The highest BCUT2D eigenvalue weighted by Crippen LogP contribution is 2.42. The quantitative estimate of drug-likeness (QED) is 0.320. The second-order valence-electron chi connectivity index (χ2n) is 10.5. The smallest absolute Gasteiger partial charge is 0.337 e. The number of sulfonamides is 1. The molecule has 0 aliphatic carbocycles. The lowest BCUT2D eigenvalue weighted by atomic mass is 9.86. The summed E-state index contributed by atoms with van der Waals surface area (Å²) in [5, 5.41) is 9.96. The molecule has 3 aromatic rings. The summed E-state index contributed by atoms with van der Waals surface area (Å²) in [4.78, 5) is 12.0. The topological polar surface area (TPSA) is 102 Å². The molecule has 3 aromatic carbocycles. The van der Waals surface area contributed by atoms with E-state index >= 15 is 0 Å². The van der Waals surface area contributed by atoms with Crippen LogP contribution in [0.5, 0.6) is 5.75 Å². The maximum atomic E-state index is 14.6. The van der Waals surface area contributed by atoms with E-state index in [1.54, 1.807) is 40.7 Å². The fraction of sp³-hybridized carbons (Fsp3) is 0.345. The van der Waals surface area contributed by atoms with Gasteiger partial charge in [0.1, 0.15) is 10.6 Å². The van der Waals surface area contributed by atoms with Gasteiger partial charge in [0.25, 0.3) is 10.0 Å². The van der Waals surface area contributed by atoms with Crippen molar-refractivity contribution in [3.05, 3.63) is 75.6 Å². The predicted octanol–water partition coefficient (Wildman–Crippen LogP) is 6.83. The van der Waals surface area contributed by atoms with Gasteiger partial charge in [-0.3, -0.25) is 4.72 Å². The molecule has 7 nitrogen and oxygen atoms in total. The standard InChI is InChI=1S/C29H31ClFNO6S/c1-16-14-21(32-39(35,36)23-10-6-9-20(30)26(23)31)17(2)25(27(28(33)34)38-29(3,4)5)24(16)19-11-12-22-18(15-19)8-7-13-37-22/h6,9-12,14-15,27,32H,7-8,13H2,1-5H3,(H,33,34). The minimum Gasteiger partial charge on any atom is -0.493 e. The normalized spacial score (nSPS) is 14.3. The number of hydrogen-bond acceptors (Lipinski definition) is 5. The van der Waals surface area contributed by atoms with Crippen molar-refractivity contribution >= 4 is 33.3 Å². The van der Waals surface area contributed by atoms with Gasteiger partial charge in [-0.15, -0.1) is 0 Å². The number of ether oxygens (including phenoxy) is 2. The lowest BCUT2D eigenvalue weighted by Gasteiger charge is -2.30. The van der Waals surface area contributed by atoms with Gasteiger partial charge in [0.2, 0.25) is 0 Å². The molecule has 0 amide bonds. The van der Waals surface area contributed by atoms with Gasteiger partial charge in [0.05, 0.1) is 22.9 Å². The summed E-state index contributed by atoms with van der Waals surface area (Å²) in [7, 11) is -4.41. The first-order valence-electron chi connectivity index (χ1n) is 12.5. The highest BCUT2D eigenvalue weighted by molar-refractivity contribution is 7.92. The largest absolute Gasteiger partial charge is 0.493 e. The number of anilines is 1. The number of hydrogen-bond donors (Lipinski definition) is 2. The van der Waals surface area contributed by atoms with Crippen LogP contribution < -0.4 is 9.46 Å². The molecule has 1 aliphatic heterocycles. The van der Waals surface area contributed by atoms with Gasteiger partial charge in [-0.2, -0.15) is 0 Å². The van der Waals surface area contributed by atoms with Crippen LogP contribution in [0.25, 0.3) is 11.1 Å². The van der Waals surface area contributed by atoms with Crippen LogP contribution in [0.3, 0.4) is 0 Å². The highest BCUT2D eigenvalue weighted by Gasteiger charge is 2.33. The first-order chi connectivity index (χ1) is 18.2. The molecule has 1 atom stereocenters. The van der Waals surface area contributed by atoms with E-state index in [4.69, 9.17) is 21.1 Å². The zero-order chi connectivity index (χ0) is 28.7. The zero-order valence-electron chi connectivity index (χ0n) is 22.4. The van der Waals surface area contributed by atoms with Crippen molar-refractivity contribution in [2.24, 2.45) is 0 Å². The lowest BCUT2D eigenvalue weighted by molar-refractivity contribution is -0.160. The first kappa shape index (κ1) is 28.9. The van der Waals surface area contributed by atoms with E-state index < -0.39 is 38.4 Å². The van der Waals surface area contributed by atoms with E-state index in [-0.39, 0.29) is 10.7 Å². The molecule has 0 spiro atoms.